The van der Waals surface area contributed by atoms with Crippen LogP contribution in [0, 0.1) is 5.92 Å². The summed E-state index contributed by atoms with van der Waals surface area (Å²) in [5.41, 5.74) is 2.40. The topological polar surface area (TPSA) is 61.8 Å². The molecule has 10 heteroatoms. The summed E-state index contributed by atoms with van der Waals surface area (Å²) in [7, 11) is 1.71. The minimum atomic E-state index is -5.08. The molecule has 2 aromatic carbocycles. The number of rotatable bonds is 8. The van der Waals surface area contributed by atoms with Gasteiger partial charge in [0.2, 0.25) is 0 Å². The molecule has 1 aliphatic rings. The number of likely N-dealkylation sites (tertiary alicyclic amines) is 1. The predicted octanol–water partition coefficient (Wildman–Crippen LogP) is 5.68. The number of benzene rings is 2. The highest BCUT2D eigenvalue weighted by molar-refractivity contribution is 6.35. The van der Waals surface area contributed by atoms with Crippen LogP contribution in [0.3, 0.4) is 0 Å². The molecule has 1 heterocycles. The molecule has 0 atom stereocenters. The Bertz CT molecular complexity index is 883. The Labute approximate surface area is 207 Å². The van der Waals surface area contributed by atoms with Crippen molar-refractivity contribution in [3.63, 3.8) is 0 Å². The third-order valence-electron chi connectivity index (χ3n) is 5.56. The van der Waals surface area contributed by atoms with Gasteiger partial charge in [-0.25, -0.2) is 4.79 Å². The number of hydrogen-bond donors (Lipinski definition) is 2. The van der Waals surface area contributed by atoms with Crippen LogP contribution in [0.4, 0.5) is 13.2 Å². The molecule has 0 radical (unpaired) electrons. The molecular formula is C24H29Cl2F3N2O3. The maximum absolute atomic E-state index is 10.6. The van der Waals surface area contributed by atoms with Crippen molar-refractivity contribution >= 4 is 29.2 Å². The molecule has 2 aromatic rings. The fraction of sp³-hybridized carbons (Fsp3) is 0.458. The summed E-state index contributed by atoms with van der Waals surface area (Å²) in [5.74, 6) is -1.09. The second kappa shape index (κ2) is 13.8. The van der Waals surface area contributed by atoms with Crippen LogP contribution >= 0.6 is 23.2 Å². The van der Waals surface area contributed by atoms with E-state index < -0.39 is 12.1 Å². The highest BCUT2D eigenvalue weighted by Crippen LogP contribution is 2.24. The van der Waals surface area contributed by atoms with Gasteiger partial charge in [0.05, 0.1) is 7.11 Å². The smallest absolute Gasteiger partial charge is 0.490 e. The second-order valence-electron chi connectivity index (χ2n) is 8.02. The molecule has 2 N–H and O–H groups in total. The quantitative estimate of drug-likeness (QED) is 0.438. The number of hydrogen-bond acceptors (Lipinski definition) is 4. The minimum absolute atomic E-state index is 0.749. The molecule has 0 aromatic heterocycles. The second-order valence-corrected chi connectivity index (χ2v) is 8.84. The van der Waals surface area contributed by atoms with E-state index in [0.717, 1.165) is 66.4 Å². The zero-order valence-corrected chi connectivity index (χ0v) is 20.4. The molecular weight excluding hydrogens is 492 g/mol. The first-order valence-electron chi connectivity index (χ1n) is 10.9. The monoisotopic (exact) mass is 520 g/mol. The van der Waals surface area contributed by atoms with E-state index in [9.17, 15) is 13.2 Å². The van der Waals surface area contributed by atoms with Gasteiger partial charge < -0.3 is 15.2 Å². The third kappa shape index (κ3) is 9.70. The molecule has 0 unspecified atom stereocenters. The lowest BCUT2D eigenvalue weighted by molar-refractivity contribution is -0.192. The van der Waals surface area contributed by atoms with Crippen molar-refractivity contribution in [2.75, 3.05) is 33.3 Å². The Morgan fingerprint density at radius 3 is 2.18 bits per heavy atom. The van der Waals surface area contributed by atoms with Crippen LogP contribution in [0.2, 0.25) is 10.0 Å². The Morgan fingerprint density at radius 2 is 1.68 bits per heavy atom. The van der Waals surface area contributed by atoms with E-state index in [1.807, 2.05) is 30.3 Å². The van der Waals surface area contributed by atoms with Crippen LogP contribution in [0.5, 0.6) is 5.75 Å². The number of alkyl halides is 3. The molecule has 0 amide bonds. The lowest BCUT2D eigenvalue weighted by Crippen LogP contribution is -2.37. The lowest BCUT2D eigenvalue weighted by atomic mass is 9.96. The number of nitrogens with one attached hydrogen (secondary N) is 1. The van der Waals surface area contributed by atoms with Crippen LogP contribution < -0.4 is 10.1 Å². The lowest BCUT2D eigenvalue weighted by Gasteiger charge is -2.32. The van der Waals surface area contributed by atoms with Crippen molar-refractivity contribution in [1.29, 1.82) is 0 Å². The molecule has 0 bridgehead atoms. The van der Waals surface area contributed by atoms with Gasteiger partial charge in [0.15, 0.2) is 0 Å². The molecule has 0 aliphatic carbocycles. The summed E-state index contributed by atoms with van der Waals surface area (Å²) in [6.45, 7) is 5.33. The zero-order valence-electron chi connectivity index (χ0n) is 18.9. The van der Waals surface area contributed by atoms with Crippen LogP contribution in [-0.4, -0.2) is 55.4 Å². The number of carboxylic acid groups (broad SMARTS) is 1. The van der Waals surface area contributed by atoms with Gasteiger partial charge >= 0.3 is 12.1 Å². The third-order valence-corrected chi connectivity index (χ3v) is 6.27. The van der Waals surface area contributed by atoms with Gasteiger partial charge in [-0.15, -0.1) is 0 Å². The summed E-state index contributed by atoms with van der Waals surface area (Å²) in [5, 5.41) is 12.2. The predicted molar refractivity (Wildman–Crippen MR) is 128 cm³/mol. The Balaban J connectivity index is 0.000000509. The van der Waals surface area contributed by atoms with Crippen LogP contribution in [0.1, 0.15) is 24.0 Å². The highest BCUT2D eigenvalue weighted by atomic mass is 35.5. The summed E-state index contributed by atoms with van der Waals surface area (Å²) in [6.07, 6.45) is -1.72. The normalized spacial score (nSPS) is 14.9. The van der Waals surface area contributed by atoms with E-state index in [2.05, 4.69) is 22.3 Å². The van der Waals surface area contributed by atoms with Crippen molar-refractivity contribution in [2.45, 2.75) is 32.0 Å². The number of methoxy groups -OCH3 is 1. The molecule has 1 aliphatic heterocycles. The maximum Gasteiger partial charge on any atom is 0.490 e. The number of piperidine rings is 1. The molecule has 5 nitrogen and oxygen atoms in total. The fourth-order valence-corrected chi connectivity index (χ4v) is 4.21. The number of halogens is 5. The Hall–Kier alpha value is -2.00. The Morgan fingerprint density at radius 1 is 1.12 bits per heavy atom. The van der Waals surface area contributed by atoms with E-state index in [1.54, 1.807) is 7.11 Å². The maximum atomic E-state index is 10.6. The van der Waals surface area contributed by atoms with Crippen LogP contribution in [0.15, 0.2) is 42.5 Å². The number of carbonyl (C=O) groups is 1. The molecule has 188 valence electrons. The van der Waals surface area contributed by atoms with Gasteiger partial charge in [-0.05, 0) is 86.8 Å². The van der Waals surface area contributed by atoms with Crippen molar-refractivity contribution < 1.29 is 27.8 Å². The van der Waals surface area contributed by atoms with Gasteiger partial charge in [0, 0.05) is 16.6 Å². The van der Waals surface area contributed by atoms with Gasteiger partial charge in [-0.2, -0.15) is 13.2 Å². The highest BCUT2D eigenvalue weighted by Gasteiger charge is 2.38. The summed E-state index contributed by atoms with van der Waals surface area (Å²) in [6, 6.07) is 14.1. The summed E-state index contributed by atoms with van der Waals surface area (Å²) < 4.78 is 37.0. The van der Waals surface area contributed by atoms with E-state index >= 15 is 0 Å². The molecule has 1 fully saturated rings. The van der Waals surface area contributed by atoms with E-state index in [1.165, 1.54) is 18.4 Å². The summed E-state index contributed by atoms with van der Waals surface area (Å²) in [4.78, 5) is 11.4. The number of nitrogens with zero attached hydrogens (tertiary/aromatic N) is 1. The van der Waals surface area contributed by atoms with Crippen LogP contribution in [0.25, 0.3) is 0 Å². The van der Waals surface area contributed by atoms with Gasteiger partial charge in [0.25, 0.3) is 0 Å². The van der Waals surface area contributed by atoms with Gasteiger partial charge in [-0.3, -0.25) is 4.90 Å². The largest absolute Gasteiger partial charge is 0.497 e. The molecule has 0 saturated carbocycles. The van der Waals surface area contributed by atoms with Crippen molar-refractivity contribution in [2.24, 2.45) is 5.92 Å². The first-order valence-corrected chi connectivity index (χ1v) is 11.6. The fourth-order valence-electron chi connectivity index (χ4n) is 3.63. The summed E-state index contributed by atoms with van der Waals surface area (Å²) >= 11 is 12.5. The van der Waals surface area contributed by atoms with Gasteiger partial charge in [0.1, 0.15) is 5.75 Å². The SMILES string of the molecule is COc1ccc(CN2CCC(CNCCc3c(Cl)cccc3Cl)CC2)cc1.O=C(O)C(F)(F)F. The standard InChI is InChI=1S/C22H28Cl2N2O.C2HF3O2/c1-27-19-7-5-18(6-8-19)16-26-13-10-17(11-14-26)15-25-12-9-20-21(23)3-2-4-22(20)24;3-2(4,5)1(6)7/h2-8,17,25H,9-16H2,1H3;(H,6,7). The van der Waals surface area contributed by atoms with Gasteiger partial charge in [-0.1, -0.05) is 41.4 Å². The molecule has 0 spiro atoms. The number of aliphatic carboxylic acids is 1. The minimum Gasteiger partial charge on any atom is -0.497 e. The zero-order chi connectivity index (χ0) is 25.1. The van der Waals surface area contributed by atoms with E-state index in [4.69, 9.17) is 37.8 Å². The first-order chi connectivity index (χ1) is 16.1. The first kappa shape index (κ1) is 28.2. The molecule has 3 rings (SSSR count). The average molecular weight is 521 g/mol. The van der Waals surface area contributed by atoms with Crippen molar-refractivity contribution in [3.8, 4) is 5.75 Å². The molecule has 34 heavy (non-hydrogen) atoms. The van der Waals surface area contributed by atoms with E-state index in [-0.39, 0.29) is 0 Å². The average Bonchev–Trinajstić information content (AvgIpc) is 2.79. The number of carboxylic acids is 1. The van der Waals surface area contributed by atoms with Crippen LogP contribution in [-0.2, 0) is 17.8 Å². The molecule has 1 saturated heterocycles. The number of ether oxygens (including phenoxy) is 1. The van der Waals surface area contributed by atoms with Crippen molar-refractivity contribution in [3.05, 3.63) is 63.6 Å². The van der Waals surface area contributed by atoms with E-state index in [0.29, 0.717) is 0 Å². The Kier molecular flexibility index (Phi) is 11.4. The van der Waals surface area contributed by atoms with Crippen molar-refractivity contribution in [1.82, 2.24) is 10.2 Å².